The van der Waals surface area contributed by atoms with Crippen molar-refractivity contribution in [1.29, 1.82) is 0 Å². The molecule has 4 rings (SSSR count). The van der Waals surface area contributed by atoms with Crippen LogP contribution in [-0.4, -0.2) is 50.8 Å². The van der Waals surface area contributed by atoms with Crippen molar-refractivity contribution in [3.05, 3.63) is 76.3 Å². The van der Waals surface area contributed by atoms with Gasteiger partial charge in [-0.05, 0) is 72.1 Å². The zero-order chi connectivity index (χ0) is 28.2. The summed E-state index contributed by atoms with van der Waals surface area (Å²) in [6.07, 6.45) is 0. The minimum Gasteiger partial charge on any atom is -0.493 e. The van der Waals surface area contributed by atoms with E-state index in [1.165, 1.54) is 14.2 Å². The first kappa shape index (κ1) is 28.1. The third-order valence-corrected chi connectivity index (χ3v) is 6.76. The maximum atomic E-state index is 13.7. The van der Waals surface area contributed by atoms with Gasteiger partial charge in [0, 0.05) is 34.9 Å². The summed E-state index contributed by atoms with van der Waals surface area (Å²) in [5.41, 5.74) is 7.71. The Morgan fingerprint density at radius 2 is 1.69 bits per heavy atom. The number of carbonyl (C=O) groups excluding carboxylic acids is 2. The Morgan fingerprint density at radius 1 is 0.974 bits per heavy atom. The van der Waals surface area contributed by atoms with E-state index in [0.717, 1.165) is 0 Å². The van der Waals surface area contributed by atoms with Crippen LogP contribution in [0.25, 0.3) is 0 Å². The number of carbonyl (C=O) groups is 2. The fourth-order valence-corrected chi connectivity index (χ4v) is 4.33. The van der Waals surface area contributed by atoms with E-state index in [1.54, 1.807) is 59.5 Å². The maximum Gasteiger partial charge on any atom is 0.255 e. The number of benzene rings is 3. The van der Waals surface area contributed by atoms with Gasteiger partial charge in [0.05, 0.1) is 14.2 Å². The van der Waals surface area contributed by atoms with Gasteiger partial charge in [0.1, 0.15) is 0 Å². The topological polar surface area (TPSA) is 112 Å². The lowest BCUT2D eigenvalue weighted by atomic mass is 9.92. The molecule has 0 unspecified atom stereocenters. The van der Waals surface area contributed by atoms with Gasteiger partial charge in [0.25, 0.3) is 11.8 Å². The Hall–Kier alpha value is -3.95. The van der Waals surface area contributed by atoms with Gasteiger partial charge >= 0.3 is 0 Å². The molecule has 1 aliphatic rings. The molecule has 3 aromatic rings. The van der Waals surface area contributed by atoms with E-state index in [0.29, 0.717) is 63.5 Å². The monoisotopic (exact) mass is 553 g/mol. The summed E-state index contributed by atoms with van der Waals surface area (Å²) in [5.74, 6) is 1.56. The van der Waals surface area contributed by atoms with E-state index < -0.39 is 0 Å². The largest absolute Gasteiger partial charge is 0.493 e. The Bertz CT molecular complexity index is 1380. The standard InChI is InChI=1S/C29H32ClN3O6/c1-29(2,15-31)16-33(28(35)19-6-10-24-26(13-19)39-17-38-24)14-20-11-21(7-8-22(20)30)32-27(34)18-5-9-23(36-3)25(12-18)37-4/h5-13H,14-17,31H2,1-4H3,(H,32,34). The Morgan fingerprint density at radius 3 is 2.41 bits per heavy atom. The molecule has 0 saturated heterocycles. The molecular weight excluding hydrogens is 522 g/mol. The minimum atomic E-state index is -0.349. The van der Waals surface area contributed by atoms with E-state index in [9.17, 15) is 9.59 Å². The van der Waals surface area contributed by atoms with Crippen LogP contribution in [0.4, 0.5) is 5.69 Å². The molecule has 1 aliphatic heterocycles. The number of hydrogen-bond acceptors (Lipinski definition) is 7. The summed E-state index contributed by atoms with van der Waals surface area (Å²) in [6, 6.07) is 15.2. The molecule has 0 bridgehead atoms. The van der Waals surface area contributed by atoms with Gasteiger partial charge in [0.2, 0.25) is 6.79 Å². The third kappa shape index (κ3) is 6.55. The van der Waals surface area contributed by atoms with Crippen molar-refractivity contribution in [3.8, 4) is 23.0 Å². The molecule has 0 saturated carbocycles. The van der Waals surface area contributed by atoms with E-state index in [4.69, 9.17) is 36.3 Å². The Balaban J connectivity index is 1.58. The number of methoxy groups -OCH3 is 2. The number of rotatable bonds is 10. The van der Waals surface area contributed by atoms with Crippen molar-refractivity contribution in [3.63, 3.8) is 0 Å². The summed E-state index contributed by atoms with van der Waals surface area (Å²) in [5, 5.41) is 3.35. The van der Waals surface area contributed by atoms with Crippen LogP contribution in [0, 0.1) is 5.41 Å². The molecule has 9 nitrogen and oxygen atoms in total. The minimum absolute atomic E-state index is 0.119. The average Bonchev–Trinajstić information content (AvgIpc) is 3.41. The van der Waals surface area contributed by atoms with Crippen LogP contribution >= 0.6 is 11.6 Å². The van der Waals surface area contributed by atoms with Crippen molar-refractivity contribution < 1.29 is 28.5 Å². The summed E-state index contributed by atoms with van der Waals surface area (Å²) < 4.78 is 21.4. The van der Waals surface area contributed by atoms with Gasteiger partial charge in [-0.1, -0.05) is 25.4 Å². The molecular formula is C29H32ClN3O6. The number of nitrogens with one attached hydrogen (secondary N) is 1. The van der Waals surface area contributed by atoms with Crippen LogP contribution in [0.3, 0.4) is 0 Å². The fraction of sp³-hybridized carbons (Fsp3) is 0.310. The van der Waals surface area contributed by atoms with Crippen LogP contribution < -0.4 is 30.0 Å². The predicted octanol–water partition coefficient (Wildman–Crippen LogP) is 4.97. The zero-order valence-corrected chi connectivity index (χ0v) is 23.1. The Kier molecular flexibility index (Phi) is 8.52. The maximum absolute atomic E-state index is 13.7. The average molecular weight is 554 g/mol. The van der Waals surface area contributed by atoms with Gasteiger partial charge < -0.3 is 34.9 Å². The molecule has 2 amide bonds. The predicted molar refractivity (Wildman–Crippen MR) is 149 cm³/mol. The summed E-state index contributed by atoms with van der Waals surface area (Å²) in [6.45, 7) is 5.08. The normalized spacial score (nSPS) is 12.2. The zero-order valence-electron chi connectivity index (χ0n) is 22.4. The third-order valence-electron chi connectivity index (χ3n) is 6.39. The molecule has 3 N–H and O–H groups in total. The van der Waals surface area contributed by atoms with E-state index >= 15 is 0 Å². The molecule has 206 valence electrons. The smallest absolute Gasteiger partial charge is 0.255 e. The highest BCUT2D eigenvalue weighted by Gasteiger charge is 2.27. The summed E-state index contributed by atoms with van der Waals surface area (Å²) in [7, 11) is 3.04. The molecule has 0 fully saturated rings. The van der Waals surface area contributed by atoms with Crippen molar-refractivity contribution >= 4 is 29.1 Å². The SMILES string of the molecule is COc1ccc(C(=O)Nc2ccc(Cl)c(CN(CC(C)(C)CN)C(=O)c3ccc4c(c3)OCO4)c2)cc1OC. The van der Waals surface area contributed by atoms with E-state index in [-0.39, 0.29) is 30.6 Å². The first-order valence-corrected chi connectivity index (χ1v) is 12.7. The van der Waals surface area contributed by atoms with Gasteiger partial charge in [-0.3, -0.25) is 9.59 Å². The highest BCUT2D eigenvalue weighted by Crippen LogP contribution is 2.34. The number of ether oxygens (including phenoxy) is 4. The first-order valence-electron chi connectivity index (χ1n) is 12.3. The van der Waals surface area contributed by atoms with Crippen molar-refractivity contribution in [2.75, 3.05) is 39.4 Å². The van der Waals surface area contributed by atoms with Crippen LogP contribution in [0.1, 0.15) is 40.1 Å². The number of fused-ring (bicyclic) bond motifs is 1. The number of anilines is 1. The number of nitrogens with zero attached hydrogens (tertiary/aromatic N) is 1. The molecule has 1 heterocycles. The molecule has 0 spiro atoms. The van der Waals surface area contributed by atoms with Crippen LogP contribution in [-0.2, 0) is 6.54 Å². The van der Waals surface area contributed by atoms with Crippen LogP contribution in [0.5, 0.6) is 23.0 Å². The van der Waals surface area contributed by atoms with Crippen molar-refractivity contribution in [2.45, 2.75) is 20.4 Å². The van der Waals surface area contributed by atoms with E-state index in [1.807, 2.05) is 13.8 Å². The van der Waals surface area contributed by atoms with Gasteiger partial charge in [-0.2, -0.15) is 0 Å². The number of hydrogen-bond donors (Lipinski definition) is 2. The fourth-order valence-electron chi connectivity index (χ4n) is 4.15. The molecule has 0 aliphatic carbocycles. The first-order chi connectivity index (χ1) is 18.6. The highest BCUT2D eigenvalue weighted by atomic mass is 35.5. The highest BCUT2D eigenvalue weighted by molar-refractivity contribution is 6.31. The molecule has 3 aromatic carbocycles. The summed E-state index contributed by atoms with van der Waals surface area (Å²) >= 11 is 6.56. The number of amides is 2. The lowest BCUT2D eigenvalue weighted by molar-refractivity contribution is 0.0673. The molecule has 0 radical (unpaired) electrons. The molecule has 39 heavy (non-hydrogen) atoms. The van der Waals surface area contributed by atoms with Crippen LogP contribution in [0.2, 0.25) is 5.02 Å². The Labute approximate surface area is 232 Å². The van der Waals surface area contributed by atoms with Crippen molar-refractivity contribution in [2.24, 2.45) is 11.1 Å². The second-order valence-electron chi connectivity index (χ2n) is 9.93. The van der Waals surface area contributed by atoms with Gasteiger partial charge in [0.15, 0.2) is 23.0 Å². The number of nitrogens with two attached hydrogens (primary N) is 1. The summed E-state index contributed by atoms with van der Waals surface area (Å²) in [4.78, 5) is 28.3. The van der Waals surface area contributed by atoms with Crippen LogP contribution in [0.15, 0.2) is 54.6 Å². The quantitative estimate of drug-likeness (QED) is 0.364. The molecule has 10 heteroatoms. The lowest BCUT2D eigenvalue weighted by Crippen LogP contribution is -2.41. The second kappa shape index (κ2) is 11.8. The van der Waals surface area contributed by atoms with Gasteiger partial charge in [-0.25, -0.2) is 0 Å². The van der Waals surface area contributed by atoms with Crippen molar-refractivity contribution in [1.82, 2.24) is 4.90 Å². The van der Waals surface area contributed by atoms with Gasteiger partial charge in [-0.15, -0.1) is 0 Å². The lowest BCUT2D eigenvalue weighted by Gasteiger charge is -2.32. The number of halogens is 1. The molecule has 0 atom stereocenters. The molecule has 0 aromatic heterocycles. The second-order valence-corrected chi connectivity index (χ2v) is 10.3. The van der Waals surface area contributed by atoms with E-state index in [2.05, 4.69) is 5.32 Å².